The number of aryl methyl sites for hydroxylation is 4. The predicted octanol–water partition coefficient (Wildman–Crippen LogP) is 13.1. The summed E-state index contributed by atoms with van der Waals surface area (Å²) in [6.07, 6.45) is 19.2. The molecule has 0 bridgehead atoms. The molecule has 0 saturated carbocycles. The summed E-state index contributed by atoms with van der Waals surface area (Å²) in [4.78, 5) is 46.9. The van der Waals surface area contributed by atoms with Gasteiger partial charge in [-0.15, -0.1) is 0 Å². The standard InChI is InChI=1S/C15H15ClFN.C15H16FN.C13H11F2N.C13H20FN3O.3CH3NO/c1-2-3-4-11-5-8-15(18-10-11)12-6-7-14(17)13(16)9-12;1-2-3-4-12-5-10-15(17-11-12)13-6-8-14(16)9-7-13;1-2-9-3-6-13(16-8-9)10-4-5-11(14)12(15)7-10;1-4-5-6-12-7-8-13(16-9-12)10-17(18-14)11(2)15-3;3*2-1-3/h5-10H,2-4H2,1H3;5-11H,2-4H2,1H3;3-8H,2H2,1H3;7-9H,4-6,10H2,1-3H3;3*1H,(H2,2,3). The van der Waals surface area contributed by atoms with Gasteiger partial charge in [0.25, 0.3) is 0 Å². The van der Waals surface area contributed by atoms with Gasteiger partial charge in [-0.3, -0.25) is 39.3 Å². The van der Waals surface area contributed by atoms with Crippen LogP contribution >= 0.6 is 11.6 Å². The van der Waals surface area contributed by atoms with Gasteiger partial charge in [0.15, 0.2) is 11.6 Å². The molecule has 78 heavy (non-hydrogen) atoms. The lowest BCUT2D eigenvalue weighted by Crippen LogP contribution is -2.26. The second kappa shape index (κ2) is 41.2. The van der Waals surface area contributed by atoms with Crippen LogP contribution in [0.1, 0.15) is 101 Å². The van der Waals surface area contributed by atoms with Gasteiger partial charge in [0.2, 0.25) is 19.2 Å². The molecule has 6 N–H and O–H groups in total. The summed E-state index contributed by atoms with van der Waals surface area (Å²) in [7, 11) is 1.59. The number of hydrogen-bond donors (Lipinski definition) is 3. The predicted molar refractivity (Wildman–Crippen MR) is 301 cm³/mol. The van der Waals surface area contributed by atoms with Gasteiger partial charge in [-0.2, -0.15) is 5.06 Å². The highest BCUT2D eigenvalue weighted by atomic mass is 35.5. The monoisotopic (exact) mass is 1100 g/mol. The van der Waals surface area contributed by atoms with Gasteiger partial charge in [0.05, 0.1) is 34.3 Å². The van der Waals surface area contributed by atoms with E-state index in [1.807, 2.05) is 61.9 Å². The lowest BCUT2D eigenvalue weighted by atomic mass is 10.1. The van der Waals surface area contributed by atoms with Gasteiger partial charge in [-0.1, -0.05) is 87.9 Å². The third kappa shape index (κ3) is 27.2. The zero-order valence-electron chi connectivity index (χ0n) is 45.0. The van der Waals surface area contributed by atoms with Crippen LogP contribution in [0.2, 0.25) is 5.02 Å². The maximum Gasteiger partial charge on any atom is 0.204 e. The van der Waals surface area contributed by atoms with Crippen LogP contribution in [0.5, 0.6) is 0 Å². The van der Waals surface area contributed by atoms with Gasteiger partial charge in [0.1, 0.15) is 17.5 Å². The smallest absolute Gasteiger partial charge is 0.204 e. The number of halogens is 6. The summed E-state index contributed by atoms with van der Waals surface area (Å²) in [6, 6.07) is 30.6. The minimum absolute atomic E-state index is 0.129. The number of amidine groups is 1. The number of nitrogens with two attached hydrogens (primary N) is 3. The van der Waals surface area contributed by atoms with Crippen LogP contribution in [-0.4, -0.2) is 57.1 Å². The van der Waals surface area contributed by atoms with E-state index < -0.39 is 17.5 Å². The molecule has 4 heterocycles. The number of pyridine rings is 4. The highest BCUT2D eigenvalue weighted by Crippen LogP contribution is 2.24. The Morgan fingerprint density at radius 1 is 0.551 bits per heavy atom. The van der Waals surface area contributed by atoms with Crippen molar-refractivity contribution in [2.45, 2.75) is 105 Å². The summed E-state index contributed by atoms with van der Waals surface area (Å²) in [5.41, 5.74) is 22.8. The SMILES string of the molecule is CCCCc1ccc(-c2ccc(F)c(Cl)c2)nc1.CCCCc1ccc(-c2ccc(F)cc2)nc1.CCCCc1ccc(CN(OF)C(C)=NC)nc1.CCc1ccc(-c2ccc(F)c(F)c2)nc1.NC=O.NC=O.NC=O. The molecule has 0 atom stereocenters. The number of hydroxylamine groups is 2. The third-order valence-corrected chi connectivity index (χ3v) is 11.2. The van der Waals surface area contributed by atoms with Crippen molar-refractivity contribution in [1.29, 1.82) is 0 Å². The van der Waals surface area contributed by atoms with E-state index in [2.05, 4.69) is 80.1 Å². The number of nitrogens with zero attached hydrogens (tertiary/aromatic N) is 6. The van der Waals surface area contributed by atoms with Crippen LogP contribution < -0.4 is 17.2 Å². The highest BCUT2D eigenvalue weighted by molar-refractivity contribution is 6.31. The molecular weight excluding hydrogens is 1030 g/mol. The van der Waals surface area contributed by atoms with Crippen molar-refractivity contribution in [2.24, 2.45) is 22.2 Å². The van der Waals surface area contributed by atoms with E-state index in [-0.39, 0.29) is 36.6 Å². The molecule has 0 saturated heterocycles. The molecule has 0 spiro atoms. The molecule has 13 nitrogen and oxygen atoms in total. The Morgan fingerprint density at radius 2 is 0.949 bits per heavy atom. The van der Waals surface area contributed by atoms with Crippen molar-refractivity contribution in [2.75, 3.05) is 7.05 Å². The number of benzene rings is 3. The Hall–Kier alpha value is -7.96. The molecule has 19 heteroatoms. The normalized spacial score (nSPS) is 10.0. The maximum atomic E-state index is 13.1. The highest BCUT2D eigenvalue weighted by Gasteiger charge is 2.10. The fourth-order valence-electron chi connectivity index (χ4n) is 6.51. The zero-order chi connectivity index (χ0) is 58.1. The minimum atomic E-state index is -0.848. The van der Waals surface area contributed by atoms with E-state index in [0.29, 0.717) is 17.1 Å². The Bertz CT molecular complexity index is 2750. The summed E-state index contributed by atoms with van der Waals surface area (Å²) in [6.45, 7) is 10.5. The average molecular weight is 1100 g/mol. The zero-order valence-corrected chi connectivity index (χ0v) is 45.8. The largest absolute Gasteiger partial charge is 0.372 e. The third-order valence-electron chi connectivity index (χ3n) is 10.9. The van der Waals surface area contributed by atoms with Gasteiger partial charge in [0, 0.05) is 48.5 Å². The second-order valence-corrected chi connectivity index (χ2v) is 16.9. The molecule has 0 aliphatic carbocycles. The molecule has 0 fully saturated rings. The molecule has 7 aromatic rings. The summed E-state index contributed by atoms with van der Waals surface area (Å²) in [5, 5.41) is 4.96. The minimum Gasteiger partial charge on any atom is -0.372 e. The lowest BCUT2D eigenvalue weighted by Gasteiger charge is -2.16. The fourth-order valence-corrected chi connectivity index (χ4v) is 6.69. The number of carbonyl (C=O) groups excluding carboxylic acids is 3. The van der Waals surface area contributed by atoms with Crippen molar-refractivity contribution >= 4 is 36.7 Å². The first-order chi connectivity index (χ1) is 37.6. The van der Waals surface area contributed by atoms with E-state index in [1.165, 1.54) is 66.6 Å². The number of aromatic nitrogens is 4. The molecule has 418 valence electrons. The number of hydrogen-bond acceptors (Lipinski definition) is 9. The van der Waals surface area contributed by atoms with Crippen molar-refractivity contribution < 1.29 is 41.5 Å². The number of primary amides is 3. The molecule has 3 aromatic carbocycles. The average Bonchev–Trinajstić information content (AvgIpc) is 3.46. The summed E-state index contributed by atoms with van der Waals surface area (Å²) >= 11 is 5.76. The molecule has 0 aliphatic heterocycles. The van der Waals surface area contributed by atoms with Crippen molar-refractivity contribution in [1.82, 2.24) is 25.0 Å². The lowest BCUT2D eigenvalue weighted by molar-refractivity contribution is -0.290. The van der Waals surface area contributed by atoms with Gasteiger partial charge >= 0.3 is 0 Å². The van der Waals surface area contributed by atoms with E-state index in [9.17, 15) is 22.1 Å². The number of amides is 3. The van der Waals surface area contributed by atoms with Crippen molar-refractivity contribution in [3.05, 3.63) is 190 Å². The molecule has 3 amide bonds. The second-order valence-electron chi connectivity index (χ2n) is 16.5. The van der Waals surface area contributed by atoms with Crippen LogP contribution in [-0.2, 0) is 51.7 Å². The first-order valence-corrected chi connectivity index (χ1v) is 25.4. The van der Waals surface area contributed by atoms with E-state index in [4.69, 9.17) is 26.0 Å². The first-order valence-electron chi connectivity index (χ1n) is 25.1. The van der Waals surface area contributed by atoms with Crippen LogP contribution in [0, 0.1) is 23.3 Å². The Morgan fingerprint density at radius 3 is 1.31 bits per heavy atom. The molecule has 0 aliphatic rings. The van der Waals surface area contributed by atoms with Crippen LogP contribution in [0.25, 0.3) is 33.8 Å². The first kappa shape index (κ1) is 68.1. The quantitative estimate of drug-likeness (QED) is 0.0276. The Labute approximate surface area is 460 Å². The van der Waals surface area contributed by atoms with Gasteiger partial charge in [-0.05, 0) is 164 Å². The Balaban J connectivity index is 0.000000494. The van der Waals surface area contributed by atoms with Gasteiger partial charge < -0.3 is 17.2 Å². The van der Waals surface area contributed by atoms with Gasteiger partial charge in [-0.25, -0.2) is 17.6 Å². The van der Waals surface area contributed by atoms with Crippen molar-refractivity contribution in [3.8, 4) is 33.8 Å². The van der Waals surface area contributed by atoms with Crippen LogP contribution in [0.4, 0.5) is 22.1 Å². The summed E-state index contributed by atoms with van der Waals surface area (Å²) < 4.78 is 63.9. The summed E-state index contributed by atoms with van der Waals surface area (Å²) in [5.74, 6) is -1.84. The number of aliphatic imine (C=N–C) groups is 1. The van der Waals surface area contributed by atoms with Crippen LogP contribution in [0.15, 0.2) is 139 Å². The molecule has 0 radical (unpaired) electrons. The maximum absolute atomic E-state index is 13.1. The number of rotatable bonds is 16. The van der Waals surface area contributed by atoms with E-state index >= 15 is 0 Å². The Kier molecular flexibility index (Phi) is 36.0. The molecule has 7 rings (SSSR count). The van der Waals surface area contributed by atoms with Crippen molar-refractivity contribution in [3.63, 3.8) is 0 Å². The van der Waals surface area contributed by atoms with Crippen LogP contribution in [0.3, 0.4) is 0 Å². The fraction of sp³-hybridized carbons (Fsp3) is 0.288. The molecule has 0 unspecified atom stereocenters. The number of carbonyl (C=O) groups is 3. The molecule has 4 aromatic heterocycles. The van der Waals surface area contributed by atoms with E-state index in [0.717, 1.165) is 89.5 Å². The number of unbranched alkanes of at least 4 members (excludes halogenated alkanes) is 3. The molecular formula is C59H71ClF5N9O4. The topological polar surface area (TPSA) is 206 Å². The van der Waals surface area contributed by atoms with E-state index in [1.54, 1.807) is 44.4 Å².